The van der Waals surface area contributed by atoms with Gasteiger partial charge in [0, 0.05) is 17.5 Å². The van der Waals surface area contributed by atoms with E-state index in [0.29, 0.717) is 17.5 Å². The Balaban J connectivity index is 1.67. The van der Waals surface area contributed by atoms with E-state index in [4.69, 9.17) is 8.94 Å². The molecule has 0 saturated carbocycles. The molecule has 2 heterocycles. The predicted octanol–water partition coefficient (Wildman–Crippen LogP) is 4.14. The molecule has 0 unspecified atom stereocenters. The van der Waals surface area contributed by atoms with E-state index < -0.39 is 0 Å². The molecule has 3 aromatic rings. The maximum atomic E-state index is 11.0. The summed E-state index contributed by atoms with van der Waals surface area (Å²) in [6.07, 6.45) is 1.57. The van der Waals surface area contributed by atoms with Crippen LogP contribution in [0.5, 0.6) is 0 Å². The van der Waals surface area contributed by atoms with E-state index in [2.05, 4.69) is 15.5 Å². The van der Waals surface area contributed by atoms with Crippen LogP contribution >= 0.6 is 11.8 Å². The Morgan fingerprint density at radius 3 is 2.70 bits per heavy atom. The summed E-state index contributed by atoms with van der Waals surface area (Å²) in [5, 5.41) is 6.66. The first kappa shape index (κ1) is 15.4. The Bertz CT molecular complexity index is 781. The van der Waals surface area contributed by atoms with Gasteiger partial charge in [-0.2, -0.15) is 4.98 Å². The Hall–Kier alpha value is -2.54. The van der Waals surface area contributed by atoms with Crippen LogP contribution in [0.1, 0.15) is 25.0 Å². The minimum absolute atomic E-state index is 0.00201. The average molecular weight is 329 g/mol. The molecule has 0 fully saturated rings. The summed E-state index contributed by atoms with van der Waals surface area (Å²) in [6, 6.07) is 11.2. The van der Waals surface area contributed by atoms with E-state index in [1.54, 1.807) is 30.2 Å². The first-order valence-electron chi connectivity index (χ1n) is 7.03. The zero-order valence-corrected chi connectivity index (χ0v) is 13.5. The number of anilines is 1. The van der Waals surface area contributed by atoms with Crippen molar-refractivity contribution >= 4 is 23.4 Å². The highest BCUT2D eigenvalue weighted by atomic mass is 32.2. The highest BCUT2D eigenvalue weighted by molar-refractivity contribution is 7.99. The molecule has 7 heteroatoms. The Morgan fingerprint density at radius 1 is 1.26 bits per heavy atom. The van der Waals surface area contributed by atoms with Crippen molar-refractivity contribution in [1.29, 1.82) is 0 Å². The van der Waals surface area contributed by atoms with Gasteiger partial charge >= 0.3 is 0 Å². The molecule has 0 saturated heterocycles. The molecule has 1 N–H and O–H groups in total. The van der Waals surface area contributed by atoms with Gasteiger partial charge in [-0.15, -0.1) is 11.8 Å². The Kier molecular flexibility index (Phi) is 4.47. The van der Waals surface area contributed by atoms with Gasteiger partial charge in [0.2, 0.25) is 17.6 Å². The lowest BCUT2D eigenvalue weighted by Crippen LogP contribution is -2.05. The quantitative estimate of drug-likeness (QED) is 0.708. The molecule has 1 atom stereocenters. The first-order chi connectivity index (χ1) is 11.1. The van der Waals surface area contributed by atoms with Crippen molar-refractivity contribution in [1.82, 2.24) is 10.1 Å². The monoisotopic (exact) mass is 329 g/mol. The van der Waals surface area contributed by atoms with Crippen LogP contribution in [-0.2, 0) is 4.79 Å². The highest BCUT2D eigenvalue weighted by Gasteiger charge is 2.17. The van der Waals surface area contributed by atoms with Crippen molar-refractivity contribution in [3.63, 3.8) is 0 Å². The van der Waals surface area contributed by atoms with E-state index in [0.717, 1.165) is 10.6 Å². The lowest BCUT2D eigenvalue weighted by molar-refractivity contribution is -0.114. The van der Waals surface area contributed by atoms with Crippen LogP contribution in [-0.4, -0.2) is 16.0 Å². The number of carbonyl (C=O) groups excluding carboxylic acids is 1. The number of hydrogen-bond acceptors (Lipinski definition) is 6. The molecule has 0 radical (unpaired) electrons. The number of amides is 1. The lowest BCUT2D eigenvalue weighted by atomic mass is 10.3. The molecule has 118 valence electrons. The fourth-order valence-corrected chi connectivity index (χ4v) is 2.88. The summed E-state index contributed by atoms with van der Waals surface area (Å²) in [5.41, 5.74) is 0.771. The number of benzene rings is 1. The van der Waals surface area contributed by atoms with Crippen LogP contribution in [0.2, 0.25) is 0 Å². The summed E-state index contributed by atoms with van der Waals surface area (Å²) in [6.45, 7) is 3.47. The van der Waals surface area contributed by atoms with E-state index in [1.807, 2.05) is 31.2 Å². The summed E-state index contributed by atoms with van der Waals surface area (Å²) in [7, 11) is 0. The second-order valence-corrected chi connectivity index (χ2v) is 6.31. The molecule has 2 aromatic heterocycles. The molecule has 23 heavy (non-hydrogen) atoms. The van der Waals surface area contributed by atoms with Gasteiger partial charge in [-0.05, 0) is 43.3 Å². The number of rotatable bonds is 5. The molecule has 1 aromatic carbocycles. The van der Waals surface area contributed by atoms with Crippen LogP contribution in [0.15, 0.2) is 56.5 Å². The highest BCUT2D eigenvalue weighted by Crippen LogP contribution is 2.35. The maximum absolute atomic E-state index is 11.0. The molecule has 0 spiro atoms. The Morgan fingerprint density at radius 2 is 2.04 bits per heavy atom. The van der Waals surface area contributed by atoms with Gasteiger partial charge in [0.1, 0.15) is 0 Å². The summed E-state index contributed by atoms with van der Waals surface area (Å²) < 4.78 is 10.5. The third-order valence-electron chi connectivity index (χ3n) is 3.02. The van der Waals surface area contributed by atoms with Crippen molar-refractivity contribution < 1.29 is 13.7 Å². The van der Waals surface area contributed by atoms with Crippen LogP contribution in [0.3, 0.4) is 0 Å². The smallest absolute Gasteiger partial charge is 0.240 e. The molecule has 6 nitrogen and oxygen atoms in total. The molecule has 0 bridgehead atoms. The van der Waals surface area contributed by atoms with Gasteiger partial charge in [0.05, 0.1) is 11.5 Å². The summed E-state index contributed by atoms with van der Waals surface area (Å²) >= 11 is 1.60. The number of nitrogens with zero attached hydrogens (tertiary/aromatic N) is 2. The average Bonchev–Trinajstić information content (AvgIpc) is 3.19. The number of thioether (sulfide) groups is 1. The normalized spacial score (nSPS) is 12.1. The van der Waals surface area contributed by atoms with Gasteiger partial charge in [-0.3, -0.25) is 4.79 Å². The van der Waals surface area contributed by atoms with Gasteiger partial charge < -0.3 is 14.3 Å². The molecule has 0 aliphatic carbocycles. The Labute approximate surface area is 137 Å². The van der Waals surface area contributed by atoms with E-state index in [1.165, 1.54) is 6.92 Å². The van der Waals surface area contributed by atoms with Gasteiger partial charge in [-0.25, -0.2) is 0 Å². The largest absolute Gasteiger partial charge is 0.461 e. The fourth-order valence-electron chi connectivity index (χ4n) is 1.98. The molecular weight excluding hydrogens is 314 g/mol. The SMILES string of the molecule is CC(=O)Nc1ccc(S[C@H](C)c2nc(-c3ccco3)no2)cc1. The van der Waals surface area contributed by atoms with Gasteiger partial charge in [0.15, 0.2) is 5.76 Å². The molecule has 0 aliphatic rings. The zero-order chi connectivity index (χ0) is 16.2. The fraction of sp³-hybridized carbons (Fsp3) is 0.188. The third-order valence-corrected chi connectivity index (χ3v) is 4.12. The minimum Gasteiger partial charge on any atom is -0.461 e. The first-order valence-corrected chi connectivity index (χ1v) is 7.91. The van der Waals surface area contributed by atoms with Crippen molar-refractivity contribution in [3.05, 3.63) is 48.6 Å². The third kappa shape index (κ3) is 3.81. The van der Waals surface area contributed by atoms with Crippen LogP contribution in [0.25, 0.3) is 11.6 Å². The number of carbonyl (C=O) groups is 1. The number of hydrogen-bond donors (Lipinski definition) is 1. The van der Waals surface area contributed by atoms with Gasteiger partial charge in [0.25, 0.3) is 0 Å². The van der Waals surface area contributed by atoms with Crippen molar-refractivity contribution in [2.24, 2.45) is 0 Å². The molecular formula is C16H15N3O3S. The van der Waals surface area contributed by atoms with Crippen molar-refractivity contribution in [2.45, 2.75) is 24.0 Å². The maximum Gasteiger partial charge on any atom is 0.240 e. The standard InChI is InChI=1S/C16H15N3O3S/c1-10(16-18-15(19-22-16)14-4-3-9-21-14)23-13-7-5-12(6-8-13)17-11(2)20/h3-10H,1-2H3,(H,17,20)/t10-/m1/s1. The number of aromatic nitrogens is 2. The summed E-state index contributed by atoms with van der Waals surface area (Å²) in [4.78, 5) is 16.4. The van der Waals surface area contributed by atoms with Crippen molar-refractivity contribution in [2.75, 3.05) is 5.32 Å². The molecule has 1 amide bonds. The lowest BCUT2D eigenvalue weighted by Gasteiger charge is -2.07. The van der Waals surface area contributed by atoms with E-state index in [9.17, 15) is 4.79 Å². The zero-order valence-electron chi connectivity index (χ0n) is 12.6. The van der Waals surface area contributed by atoms with Crippen LogP contribution in [0.4, 0.5) is 5.69 Å². The topological polar surface area (TPSA) is 81.2 Å². The molecule has 0 aliphatic heterocycles. The minimum atomic E-state index is -0.0879. The van der Waals surface area contributed by atoms with Crippen LogP contribution in [0, 0.1) is 0 Å². The number of furan rings is 1. The van der Waals surface area contributed by atoms with Crippen LogP contribution < -0.4 is 5.32 Å². The number of nitrogens with one attached hydrogen (secondary N) is 1. The summed E-state index contributed by atoms with van der Waals surface area (Å²) in [5.74, 6) is 1.47. The van der Waals surface area contributed by atoms with Gasteiger partial charge in [-0.1, -0.05) is 5.16 Å². The van der Waals surface area contributed by atoms with E-state index in [-0.39, 0.29) is 11.2 Å². The van der Waals surface area contributed by atoms with Crippen molar-refractivity contribution in [3.8, 4) is 11.6 Å². The second kappa shape index (κ2) is 6.70. The second-order valence-electron chi connectivity index (χ2n) is 4.90. The molecule has 3 rings (SSSR count). The predicted molar refractivity (Wildman–Crippen MR) is 87.0 cm³/mol. The van der Waals surface area contributed by atoms with E-state index >= 15 is 0 Å².